The van der Waals surface area contributed by atoms with Crippen LogP contribution < -0.4 is 4.74 Å². The van der Waals surface area contributed by atoms with Crippen LogP contribution in [0.3, 0.4) is 0 Å². The molecule has 31 heavy (non-hydrogen) atoms. The van der Waals surface area contributed by atoms with Crippen LogP contribution in [0.15, 0.2) is 23.1 Å². The number of piperidine rings is 1. The van der Waals surface area contributed by atoms with E-state index in [1.165, 1.54) is 19.2 Å². The molecular weight excluding hydrogens is 420 g/mol. The molecule has 8 nitrogen and oxygen atoms in total. The first-order valence-electron chi connectivity index (χ1n) is 11.2. The van der Waals surface area contributed by atoms with Gasteiger partial charge in [-0.05, 0) is 43.9 Å². The molecule has 0 aliphatic carbocycles. The van der Waals surface area contributed by atoms with Crippen molar-refractivity contribution < 1.29 is 27.4 Å². The number of carbonyl (C=O) groups excluding carboxylic acids is 1. The van der Waals surface area contributed by atoms with Gasteiger partial charge in [-0.2, -0.15) is 4.31 Å². The van der Waals surface area contributed by atoms with Gasteiger partial charge in [0.1, 0.15) is 5.75 Å². The number of benzene rings is 1. The van der Waals surface area contributed by atoms with E-state index in [4.69, 9.17) is 14.2 Å². The molecule has 0 atom stereocenters. The third-order valence-electron chi connectivity index (χ3n) is 6.46. The molecule has 0 aromatic heterocycles. The molecule has 0 saturated carbocycles. The van der Waals surface area contributed by atoms with Crippen LogP contribution in [0.4, 0.5) is 0 Å². The second kappa shape index (κ2) is 9.85. The predicted molar refractivity (Wildman–Crippen MR) is 115 cm³/mol. The van der Waals surface area contributed by atoms with Crippen LogP contribution in [0.1, 0.15) is 48.9 Å². The highest BCUT2D eigenvalue weighted by molar-refractivity contribution is 7.89. The molecular formula is C22H32N2O6S. The van der Waals surface area contributed by atoms with E-state index in [2.05, 4.69) is 0 Å². The standard InChI is InChI=1S/C22H32N2O6S/c1-28-20-7-6-18(31(26,27)24-10-4-2-3-5-11-24)16-19(20)21(25)23-12-8-17(9-13-23)22-29-14-15-30-22/h6-7,16-17,22H,2-5,8-15H2,1H3. The fourth-order valence-electron chi connectivity index (χ4n) is 4.64. The zero-order chi connectivity index (χ0) is 21.8. The minimum absolute atomic E-state index is 0.154. The van der Waals surface area contributed by atoms with Crippen molar-refractivity contribution in [2.45, 2.75) is 49.7 Å². The van der Waals surface area contributed by atoms with Crippen molar-refractivity contribution in [1.82, 2.24) is 9.21 Å². The Morgan fingerprint density at radius 3 is 2.26 bits per heavy atom. The normalized spacial score (nSPS) is 22.4. The zero-order valence-corrected chi connectivity index (χ0v) is 18.9. The van der Waals surface area contributed by atoms with Crippen LogP contribution in [0.5, 0.6) is 5.75 Å². The fraction of sp³-hybridized carbons (Fsp3) is 0.682. The van der Waals surface area contributed by atoms with Crippen LogP contribution >= 0.6 is 0 Å². The van der Waals surface area contributed by atoms with Gasteiger partial charge in [0.15, 0.2) is 6.29 Å². The molecule has 4 rings (SSSR count). The molecule has 0 radical (unpaired) electrons. The number of sulfonamides is 1. The second-order valence-electron chi connectivity index (χ2n) is 8.42. The number of nitrogens with zero attached hydrogens (tertiary/aromatic N) is 2. The molecule has 1 amide bonds. The lowest BCUT2D eigenvalue weighted by atomic mass is 9.95. The molecule has 172 valence electrons. The SMILES string of the molecule is COc1ccc(S(=O)(=O)N2CCCCCC2)cc1C(=O)N1CCC(C2OCCO2)CC1. The number of carbonyl (C=O) groups is 1. The van der Waals surface area contributed by atoms with Gasteiger partial charge < -0.3 is 19.1 Å². The van der Waals surface area contributed by atoms with Crippen LogP contribution in [-0.2, 0) is 19.5 Å². The van der Waals surface area contributed by atoms with Gasteiger partial charge in [0, 0.05) is 32.1 Å². The van der Waals surface area contributed by atoms with Crippen molar-refractivity contribution in [3.8, 4) is 5.75 Å². The Hall–Kier alpha value is -1.68. The van der Waals surface area contributed by atoms with E-state index in [9.17, 15) is 13.2 Å². The lowest BCUT2D eigenvalue weighted by Gasteiger charge is -2.34. The highest BCUT2D eigenvalue weighted by Crippen LogP contribution is 2.30. The van der Waals surface area contributed by atoms with Crippen molar-refractivity contribution in [1.29, 1.82) is 0 Å². The van der Waals surface area contributed by atoms with E-state index in [0.29, 0.717) is 50.7 Å². The molecule has 3 heterocycles. The van der Waals surface area contributed by atoms with E-state index < -0.39 is 10.0 Å². The van der Waals surface area contributed by atoms with E-state index in [0.717, 1.165) is 38.5 Å². The van der Waals surface area contributed by atoms with Gasteiger partial charge >= 0.3 is 0 Å². The number of hydrogen-bond acceptors (Lipinski definition) is 6. The number of amides is 1. The number of ether oxygens (including phenoxy) is 3. The van der Waals surface area contributed by atoms with Gasteiger partial charge in [0.05, 0.1) is 30.8 Å². The van der Waals surface area contributed by atoms with Gasteiger partial charge in [-0.3, -0.25) is 4.79 Å². The Balaban J connectivity index is 1.51. The quantitative estimate of drug-likeness (QED) is 0.682. The fourth-order valence-corrected chi connectivity index (χ4v) is 6.18. The van der Waals surface area contributed by atoms with Crippen molar-refractivity contribution >= 4 is 15.9 Å². The van der Waals surface area contributed by atoms with Gasteiger partial charge in [-0.1, -0.05) is 12.8 Å². The van der Waals surface area contributed by atoms with E-state index in [1.807, 2.05) is 0 Å². The number of rotatable bonds is 5. The smallest absolute Gasteiger partial charge is 0.257 e. The summed E-state index contributed by atoms with van der Waals surface area (Å²) in [6.07, 6.45) is 5.24. The van der Waals surface area contributed by atoms with E-state index in [1.54, 1.807) is 15.3 Å². The first kappa shape index (κ1) is 22.5. The van der Waals surface area contributed by atoms with Gasteiger partial charge in [-0.25, -0.2) is 8.42 Å². The maximum atomic E-state index is 13.3. The molecule has 1 aromatic rings. The molecule has 3 saturated heterocycles. The topological polar surface area (TPSA) is 85.4 Å². The monoisotopic (exact) mass is 452 g/mol. The number of hydrogen-bond donors (Lipinski definition) is 0. The number of methoxy groups -OCH3 is 1. The molecule has 9 heteroatoms. The maximum Gasteiger partial charge on any atom is 0.257 e. The summed E-state index contributed by atoms with van der Waals surface area (Å²) in [4.78, 5) is 15.2. The summed E-state index contributed by atoms with van der Waals surface area (Å²) in [5.74, 6) is 0.476. The third kappa shape index (κ3) is 4.89. The Morgan fingerprint density at radius 2 is 1.65 bits per heavy atom. The summed E-state index contributed by atoms with van der Waals surface area (Å²) < 4.78 is 44.6. The van der Waals surface area contributed by atoms with E-state index in [-0.39, 0.29) is 23.0 Å². The molecule has 3 fully saturated rings. The molecule has 3 aliphatic heterocycles. The summed E-state index contributed by atoms with van der Waals surface area (Å²) in [6.45, 7) is 3.46. The number of likely N-dealkylation sites (tertiary alicyclic amines) is 1. The van der Waals surface area contributed by atoms with Gasteiger partial charge in [0.2, 0.25) is 10.0 Å². The van der Waals surface area contributed by atoms with Gasteiger partial charge in [-0.15, -0.1) is 0 Å². The minimum Gasteiger partial charge on any atom is -0.496 e. The Labute approximate surface area is 184 Å². The lowest BCUT2D eigenvalue weighted by molar-refractivity contribution is -0.0956. The molecule has 0 spiro atoms. The lowest BCUT2D eigenvalue weighted by Crippen LogP contribution is -2.41. The highest BCUT2D eigenvalue weighted by atomic mass is 32.2. The summed E-state index contributed by atoms with van der Waals surface area (Å²) in [6, 6.07) is 4.61. The molecule has 0 N–H and O–H groups in total. The van der Waals surface area contributed by atoms with E-state index >= 15 is 0 Å². The molecule has 0 bridgehead atoms. The largest absolute Gasteiger partial charge is 0.496 e. The molecule has 1 aromatic carbocycles. The third-order valence-corrected chi connectivity index (χ3v) is 8.36. The van der Waals surface area contributed by atoms with Crippen molar-refractivity contribution in [3.63, 3.8) is 0 Å². The first-order chi connectivity index (χ1) is 15.0. The molecule has 0 unspecified atom stereocenters. The van der Waals surface area contributed by atoms with Crippen LogP contribution in [0.25, 0.3) is 0 Å². The minimum atomic E-state index is -3.64. The van der Waals surface area contributed by atoms with Crippen molar-refractivity contribution in [3.05, 3.63) is 23.8 Å². The van der Waals surface area contributed by atoms with Crippen LogP contribution in [-0.4, -0.2) is 76.3 Å². The predicted octanol–water partition coefficient (Wildman–Crippen LogP) is 2.49. The zero-order valence-electron chi connectivity index (χ0n) is 18.1. The van der Waals surface area contributed by atoms with Crippen molar-refractivity contribution in [2.24, 2.45) is 5.92 Å². The average molecular weight is 453 g/mol. The van der Waals surface area contributed by atoms with Gasteiger partial charge in [0.25, 0.3) is 5.91 Å². The van der Waals surface area contributed by atoms with Crippen molar-refractivity contribution in [2.75, 3.05) is 46.5 Å². The summed E-state index contributed by atoms with van der Waals surface area (Å²) in [7, 11) is -2.15. The Kier molecular flexibility index (Phi) is 7.15. The summed E-state index contributed by atoms with van der Waals surface area (Å²) in [5, 5.41) is 0. The molecule has 3 aliphatic rings. The Bertz CT molecular complexity index is 868. The maximum absolute atomic E-state index is 13.3. The first-order valence-corrected chi connectivity index (χ1v) is 12.7. The highest BCUT2D eigenvalue weighted by Gasteiger charge is 2.33. The average Bonchev–Trinajstić information content (AvgIpc) is 3.19. The Morgan fingerprint density at radius 1 is 1.00 bits per heavy atom. The van der Waals surface area contributed by atoms with Crippen LogP contribution in [0, 0.1) is 5.92 Å². The summed E-state index contributed by atoms with van der Waals surface area (Å²) in [5.41, 5.74) is 0.296. The summed E-state index contributed by atoms with van der Waals surface area (Å²) >= 11 is 0. The second-order valence-corrected chi connectivity index (χ2v) is 10.4. The van der Waals surface area contributed by atoms with Crippen LogP contribution in [0.2, 0.25) is 0 Å².